The van der Waals surface area contributed by atoms with Gasteiger partial charge >= 0.3 is 118 Å². The molecule has 98 valence electrons. The molecule has 1 aliphatic carbocycles. The van der Waals surface area contributed by atoms with E-state index in [4.69, 9.17) is 0 Å². The number of benzene rings is 1. The number of ketones is 1. The van der Waals surface area contributed by atoms with E-state index >= 15 is 0 Å². The second kappa shape index (κ2) is 5.32. The van der Waals surface area contributed by atoms with Gasteiger partial charge in [-0.15, -0.1) is 0 Å². The first-order valence-electron chi connectivity index (χ1n) is 6.62. The summed E-state index contributed by atoms with van der Waals surface area (Å²) < 4.78 is 2.30. The van der Waals surface area contributed by atoms with E-state index in [1.165, 1.54) is 4.46 Å². The normalized spacial score (nSPS) is 24.7. The third-order valence-electron chi connectivity index (χ3n) is 3.61. The monoisotopic (exact) mass is 326 g/mol. The number of carbonyl (C=O) groups is 1. The van der Waals surface area contributed by atoms with E-state index < -0.39 is 8.07 Å². The van der Waals surface area contributed by atoms with Gasteiger partial charge in [0.15, 0.2) is 0 Å². The molecule has 1 nitrogen and oxygen atoms in total. The standard InChI is InChI=1S/C15H22OSeSi/c1-11(16)13-10-14(13)15(18(2,3)4)17-12-8-6-5-7-9-12/h5-9,13-15H,10H2,1-4H3/t13-,14+,15-/m1/s1. The van der Waals surface area contributed by atoms with Gasteiger partial charge in [-0.3, -0.25) is 0 Å². The van der Waals surface area contributed by atoms with Crippen molar-refractivity contribution in [3.63, 3.8) is 0 Å². The molecule has 3 atom stereocenters. The summed E-state index contributed by atoms with van der Waals surface area (Å²) in [5, 5.41) is 0. The molecule has 1 aromatic carbocycles. The zero-order valence-corrected chi connectivity index (χ0v) is 14.4. The van der Waals surface area contributed by atoms with Crippen LogP contribution in [0.5, 0.6) is 0 Å². The first-order valence-corrected chi connectivity index (χ1v) is 12.0. The molecule has 0 bridgehead atoms. The van der Waals surface area contributed by atoms with Gasteiger partial charge in [-0.05, 0) is 0 Å². The molecule has 1 aliphatic rings. The molecule has 1 fully saturated rings. The van der Waals surface area contributed by atoms with Crippen molar-refractivity contribution in [1.82, 2.24) is 0 Å². The van der Waals surface area contributed by atoms with Crippen molar-refractivity contribution in [2.45, 2.75) is 37.4 Å². The Hall–Kier alpha value is -0.374. The Kier molecular flexibility index (Phi) is 4.15. The Morgan fingerprint density at radius 2 is 1.89 bits per heavy atom. The predicted octanol–water partition coefficient (Wildman–Crippen LogP) is 2.91. The van der Waals surface area contributed by atoms with Crippen LogP contribution in [0.15, 0.2) is 30.3 Å². The summed E-state index contributed by atoms with van der Waals surface area (Å²) in [6, 6.07) is 10.8. The van der Waals surface area contributed by atoms with Crippen LogP contribution in [-0.2, 0) is 4.79 Å². The van der Waals surface area contributed by atoms with Crippen LogP contribution in [0, 0.1) is 11.8 Å². The summed E-state index contributed by atoms with van der Waals surface area (Å²) in [6.45, 7) is 9.13. The van der Waals surface area contributed by atoms with Crippen molar-refractivity contribution < 1.29 is 4.79 Å². The molecule has 0 unspecified atom stereocenters. The van der Waals surface area contributed by atoms with Crippen LogP contribution in [-0.4, -0.2) is 28.8 Å². The molecular weight excluding hydrogens is 303 g/mol. The summed E-state index contributed by atoms with van der Waals surface area (Å²) in [5.74, 6) is 1.48. The number of Topliss-reactive ketones (excluding diaryl/α,β-unsaturated/α-hetero) is 1. The van der Waals surface area contributed by atoms with Crippen LogP contribution in [0.3, 0.4) is 0 Å². The second-order valence-electron chi connectivity index (χ2n) is 6.33. The van der Waals surface area contributed by atoms with Crippen molar-refractivity contribution in [3.8, 4) is 0 Å². The zero-order chi connectivity index (χ0) is 13.3. The van der Waals surface area contributed by atoms with Crippen molar-refractivity contribution >= 4 is 33.3 Å². The minimum atomic E-state index is -1.18. The average Bonchev–Trinajstić information content (AvgIpc) is 3.05. The summed E-state index contributed by atoms with van der Waals surface area (Å²) in [4.78, 5) is 11.5. The van der Waals surface area contributed by atoms with Gasteiger partial charge in [-0.1, -0.05) is 0 Å². The van der Waals surface area contributed by atoms with E-state index in [2.05, 4.69) is 50.0 Å². The molecule has 0 saturated heterocycles. The molecule has 2 rings (SSSR count). The summed E-state index contributed by atoms with van der Waals surface area (Å²) >= 11 is 0.528. The first kappa shape index (κ1) is 14.0. The van der Waals surface area contributed by atoms with Gasteiger partial charge in [-0.25, -0.2) is 0 Å². The van der Waals surface area contributed by atoms with Crippen LogP contribution < -0.4 is 4.46 Å². The Morgan fingerprint density at radius 1 is 1.28 bits per heavy atom. The van der Waals surface area contributed by atoms with Gasteiger partial charge in [0.25, 0.3) is 0 Å². The van der Waals surface area contributed by atoms with E-state index in [0.29, 0.717) is 32.6 Å². The molecule has 0 heterocycles. The quantitative estimate of drug-likeness (QED) is 0.761. The molecule has 0 amide bonds. The fourth-order valence-electron chi connectivity index (χ4n) is 2.57. The SMILES string of the molecule is CC(=O)[C@H]1C[C@@H]1[C@H]([Se]c1ccccc1)[Si](C)(C)C. The zero-order valence-electron chi connectivity index (χ0n) is 11.6. The third kappa shape index (κ3) is 3.34. The Morgan fingerprint density at radius 3 is 2.33 bits per heavy atom. The number of hydrogen-bond acceptors (Lipinski definition) is 1. The molecular formula is C15H22OSeSi. The van der Waals surface area contributed by atoms with Gasteiger partial charge in [0.05, 0.1) is 0 Å². The topological polar surface area (TPSA) is 17.1 Å². The van der Waals surface area contributed by atoms with Crippen molar-refractivity contribution in [2.24, 2.45) is 11.8 Å². The number of carbonyl (C=O) groups excluding carboxylic acids is 1. The van der Waals surface area contributed by atoms with E-state index in [0.717, 1.165) is 10.9 Å². The van der Waals surface area contributed by atoms with Crippen LogP contribution in [0.1, 0.15) is 13.3 Å². The molecule has 1 saturated carbocycles. The summed E-state index contributed by atoms with van der Waals surface area (Å²) in [5.41, 5.74) is 0. The molecule has 0 aliphatic heterocycles. The number of rotatable bonds is 5. The van der Waals surface area contributed by atoms with Gasteiger partial charge in [0, 0.05) is 0 Å². The Bertz CT molecular complexity index is 424. The average molecular weight is 325 g/mol. The molecule has 0 aromatic heterocycles. The van der Waals surface area contributed by atoms with Gasteiger partial charge in [0.2, 0.25) is 0 Å². The second-order valence-corrected chi connectivity index (χ2v) is 15.2. The third-order valence-corrected chi connectivity index (χ3v) is 13.2. The summed E-state index contributed by atoms with van der Waals surface area (Å²) in [7, 11) is -1.18. The van der Waals surface area contributed by atoms with Crippen molar-refractivity contribution in [3.05, 3.63) is 30.3 Å². The minimum absolute atomic E-state index is 0.382. The molecule has 1 aromatic rings. The molecule has 3 heteroatoms. The van der Waals surface area contributed by atoms with E-state index in [1.807, 2.05) is 0 Å². The maximum absolute atomic E-state index is 11.5. The number of hydrogen-bond donors (Lipinski definition) is 0. The van der Waals surface area contributed by atoms with E-state index in [-0.39, 0.29) is 0 Å². The van der Waals surface area contributed by atoms with Gasteiger partial charge < -0.3 is 0 Å². The van der Waals surface area contributed by atoms with E-state index in [1.54, 1.807) is 6.92 Å². The van der Waals surface area contributed by atoms with Gasteiger partial charge in [-0.2, -0.15) is 0 Å². The van der Waals surface area contributed by atoms with Crippen LogP contribution in [0.2, 0.25) is 24.1 Å². The van der Waals surface area contributed by atoms with Crippen molar-refractivity contribution in [2.75, 3.05) is 0 Å². The molecule has 0 N–H and O–H groups in total. The fourth-order valence-corrected chi connectivity index (χ4v) is 9.78. The van der Waals surface area contributed by atoms with Crippen LogP contribution >= 0.6 is 0 Å². The molecule has 18 heavy (non-hydrogen) atoms. The van der Waals surface area contributed by atoms with Crippen LogP contribution in [0.4, 0.5) is 0 Å². The maximum atomic E-state index is 11.5. The van der Waals surface area contributed by atoms with Crippen LogP contribution in [0.25, 0.3) is 0 Å². The Balaban J connectivity index is 2.11. The molecule has 0 radical (unpaired) electrons. The molecule has 0 spiro atoms. The Labute approximate surface area is 118 Å². The van der Waals surface area contributed by atoms with E-state index in [9.17, 15) is 4.79 Å². The fraction of sp³-hybridized carbons (Fsp3) is 0.533. The first-order chi connectivity index (χ1) is 8.39. The van der Waals surface area contributed by atoms with Crippen molar-refractivity contribution in [1.29, 1.82) is 0 Å². The summed E-state index contributed by atoms with van der Waals surface area (Å²) in [6.07, 6.45) is 1.15. The van der Waals surface area contributed by atoms with Gasteiger partial charge in [0.1, 0.15) is 0 Å². The predicted molar refractivity (Wildman–Crippen MR) is 81.2 cm³/mol.